The number of aliphatic hydroxyl groups is 1. The Balaban J connectivity index is 2.43. The van der Waals surface area contributed by atoms with Gasteiger partial charge in [-0.25, -0.2) is 0 Å². The molecule has 0 fully saturated rings. The molecule has 0 aromatic heterocycles. The van der Waals surface area contributed by atoms with Gasteiger partial charge in [0.25, 0.3) is 5.91 Å². The van der Waals surface area contributed by atoms with Gasteiger partial charge in [-0.15, -0.1) is 0 Å². The predicted molar refractivity (Wildman–Crippen MR) is 76.6 cm³/mol. The van der Waals surface area contributed by atoms with Gasteiger partial charge in [-0.1, -0.05) is 15.9 Å². The molecule has 0 atom stereocenters. The molecule has 1 amide bonds. The van der Waals surface area contributed by atoms with Crippen molar-refractivity contribution >= 4 is 37.8 Å². The van der Waals surface area contributed by atoms with Crippen LogP contribution in [0.4, 0.5) is 0 Å². The largest absolute Gasteiger partial charge is 0.483 e. The van der Waals surface area contributed by atoms with Gasteiger partial charge >= 0.3 is 0 Å². The van der Waals surface area contributed by atoms with E-state index in [4.69, 9.17) is 4.74 Å². The molecule has 0 aliphatic heterocycles. The zero-order valence-corrected chi connectivity index (χ0v) is 13.3. The number of amides is 1. The van der Waals surface area contributed by atoms with Crippen LogP contribution in [-0.2, 0) is 4.79 Å². The summed E-state index contributed by atoms with van der Waals surface area (Å²) in [5.41, 5.74) is -0.923. The van der Waals surface area contributed by atoms with Crippen LogP contribution in [0.2, 0.25) is 0 Å². The maximum absolute atomic E-state index is 11.5. The standard InChI is InChI=1S/C12H15Br2NO3/c1-12(2,17)7-15-11(16)6-18-10-4-3-8(13)5-9(10)14/h3-5,17H,6-7H2,1-2H3,(H,15,16). The maximum Gasteiger partial charge on any atom is 0.258 e. The van der Waals surface area contributed by atoms with Crippen molar-refractivity contribution < 1.29 is 14.6 Å². The minimum atomic E-state index is -0.923. The predicted octanol–water partition coefficient (Wildman–Crippen LogP) is 2.48. The smallest absolute Gasteiger partial charge is 0.258 e. The van der Waals surface area contributed by atoms with Crippen molar-refractivity contribution in [3.63, 3.8) is 0 Å². The summed E-state index contributed by atoms with van der Waals surface area (Å²) in [5, 5.41) is 12.0. The lowest BCUT2D eigenvalue weighted by molar-refractivity contribution is -0.124. The highest BCUT2D eigenvalue weighted by atomic mass is 79.9. The van der Waals surface area contributed by atoms with Gasteiger partial charge in [0.05, 0.1) is 10.1 Å². The second-order valence-electron chi connectivity index (χ2n) is 4.45. The van der Waals surface area contributed by atoms with Gasteiger partial charge in [0.1, 0.15) is 5.75 Å². The maximum atomic E-state index is 11.5. The fourth-order valence-electron chi connectivity index (χ4n) is 1.10. The SMILES string of the molecule is CC(C)(O)CNC(=O)COc1ccc(Br)cc1Br. The Morgan fingerprint density at radius 2 is 2.11 bits per heavy atom. The van der Waals surface area contributed by atoms with Gasteiger partial charge in [-0.3, -0.25) is 4.79 Å². The molecule has 1 aromatic carbocycles. The van der Waals surface area contributed by atoms with E-state index in [1.165, 1.54) is 0 Å². The molecule has 0 saturated heterocycles. The quantitative estimate of drug-likeness (QED) is 0.824. The van der Waals surface area contributed by atoms with Crippen LogP contribution in [0.1, 0.15) is 13.8 Å². The summed E-state index contributed by atoms with van der Waals surface area (Å²) in [6, 6.07) is 5.43. The molecule has 0 bridgehead atoms. The first kappa shape index (κ1) is 15.5. The lowest BCUT2D eigenvalue weighted by atomic mass is 10.1. The van der Waals surface area contributed by atoms with Crippen LogP contribution >= 0.6 is 31.9 Å². The number of carbonyl (C=O) groups excluding carboxylic acids is 1. The zero-order chi connectivity index (χ0) is 13.8. The van der Waals surface area contributed by atoms with Gasteiger partial charge in [0, 0.05) is 11.0 Å². The van der Waals surface area contributed by atoms with E-state index in [1.807, 2.05) is 12.1 Å². The average molecular weight is 381 g/mol. The lowest BCUT2D eigenvalue weighted by Gasteiger charge is -2.17. The molecule has 18 heavy (non-hydrogen) atoms. The van der Waals surface area contributed by atoms with Crippen molar-refractivity contribution in [3.05, 3.63) is 27.1 Å². The highest BCUT2D eigenvalue weighted by Crippen LogP contribution is 2.27. The van der Waals surface area contributed by atoms with Crippen LogP contribution in [0.25, 0.3) is 0 Å². The molecule has 6 heteroatoms. The summed E-state index contributed by atoms with van der Waals surface area (Å²) >= 11 is 6.67. The Bertz CT molecular complexity index is 430. The average Bonchev–Trinajstić information content (AvgIpc) is 2.24. The molecule has 1 aromatic rings. The molecule has 0 spiro atoms. The summed E-state index contributed by atoms with van der Waals surface area (Å²) in [7, 11) is 0. The van der Waals surface area contributed by atoms with Crippen LogP contribution in [-0.4, -0.2) is 29.8 Å². The van der Waals surface area contributed by atoms with E-state index >= 15 is 0 Å². The molecule has 4 nitrogen and oxygen atoms in total. The molecular weight excluding hydrogens is 366 g/mol. The molecule has 0 heterocycles. The van der Waals surface area contributed by atoms with Gasteiger partial charge in [0.2, 0.25) is 0 Å². The number of nitrogens with one attached hydrogen (secondary N) is 1. The van der Waals surface area contributed by atoms with Gasteiger partial charge < -0.3 is 15.2 Å². The first-order valence-electron chi connectivity index (χ1n) is 5.35. The second kappa shape index (κ2) is 6.54. The van der Waals surface area contributed by atoms with Gasteiger partial charge in [-0.2, -0.15) is 0 Å². The third-order valence-corrected chi connectivity index (χ3v) is 3.08. The minimum absolute atomic E-state index is 0.0870. The van der Waals surface area contributed by atoms with Crippen molar-refractivity contribution in [2.24, 2.45) is 0 Å². The highest BCUT2D eigenvalue weighted by Gasteiger charge is 2.14. The Kier molecular flexibility index (Phi) is 5.62. The monoisotopic (exact) mass is 379 g/mol. The summed E-state index contributed by atoms with van der Waals surface area (Å²) < 4.78 is 7.05. The fourth-order valence-corrected chi connectivity index (χ4v) is 2.26. The first-order valence-corrected chi connectivity index (χ1v) is 6.93. The molecule has 100 valence electrons. The highest BCUT2D eigenvalue weighted by molar-refractivity contribution is 9.11. The molecule has 1 rings (SSSR count). The third kappa shape index (κ3) is 5.84. The van der Waals surface area contributed by atoms with E-state index in [-0.39, 0.29) is 19.1 Å². The number of rotatable bonds is 5. The van der Waals surface area contributed by atoms with E-state index < -0.39 is 5.60 Å². The van der Waals surface area contributed by atoms with Crippen LogP contribution in [0.15, 0.2) is 27.1 Å². The van der Waals surface area contributed by atoms with Crippen molar-refractivity contribution in [1.82, 2.24) is 5.32 Å². The Labute approximate surface area is 123 Å². The van der Waals surface area contributed by atoms with Crippen LogP contribution in [0.5, 0.6) is 5.75 Å². The first-order chi connectivity index (χ1) is 8.28. The Morgan fingerprint density at radius 1 is 1.44 bits per heavy atom. The van der Waals surface area contributed by atoms with E-state index in [2.05, 4.69) is 37.2 Å². The number of hydrogen-bond acceptors (Lipinski definition) is 3. The van der Waals surface area contributed by atoms with Gasteiger partial charge in [-0.05, 0) is 48.0 Å². The van der Waals surface area contributed by atoms with E-state index in [0.29, 0.717) is 5.75 Å². The van der Waals surface area contributed by atoms with Crippen LogP contribution in [0.3, 0.4) is 0 Å². The zero-order valence-electron chi connectivity index (χ0n) is 10.2. The molecule has 0 unspecified atom stereocenters. The lowest BCUT2D eigenvalue weighted by Crippen LogP contribution is -2.40. The molecular formula is C12H15Br2NO3. The number of halogens is 2. The topological polar surface area (TPSA) is 58.6 Å². The third-order valence-electron chi connectivity index (χ3n) is 1.97. The normalized spacial score (nSPS) is 11.2. The van der Waals surface area contributed by atoms with Crippen LogP contribution < -0.4 is 10.1 Å². The van der Waals surface area contributed by atoms with Gasteiger partial charge in [0.15, 0.2) is 6.61 Å². The van der Waals surface area contributed by atoms with E-state index in [1.54, 1.807) is 19.9 Å². The number of carbonyl (C=O) groups is 1. The molecule has 0 radical (unpaired) electrons. The molecule has 0 aliphatic carbocycles. The van der Waals surface area contributed by atoms with E-state index in [9.17, 15) is 9.90 Å². The fraction of sp³-hybridized carbons (Fsp3) is 0.417. The van der Waals surface area contributed by atoms with Crippen LogP contribution in [0, 0.1) is 0 Å². The Morgan fingerprint density at radius 3 is 2.67 bits per heavy atom. The molecule has 2 N–H and O–H groups in total. The second-order valence-corrected chi connectivity index (χ2v) is 6.22. The summed E-state index contributed by atoms with van der Waals surface area (Å²) in [5.74, 6) is 0.323. The van der Waals surface area contributed by atoms with Crippen molar-refractivity contribution in [2.45, 2.75) is 19.4 Å². The summed E-state index contributed by atoms with van der Waals surface area (Å²) in [4.78, 5) is 11.5. The van der Waals surface area contributed by atoms with Crippen molar-refractivity contribution in [1.29, 1.82) is 0 Å². The minimum Gasteiger partial charge on any atom is -0.483 e. The molecule has 0 aliphatic rings. The Hall–Kier alpha value is -0.590. The summed E-state index contributed by atoms with van der Waals surface area (Å²) in [6.45, 7) is 3.35. The summed E-state index contributed by atoms with van der Waals surface area (Å²) in [6.07, 6.45) is 0. The molecule has 0 saturated carbocycles. The number of benzene rings is 1. The van der Waals surface area contributed by atoms with Crippen molar-refractivity contribution in [3.8, 4) is 5.75 Å². The van der Waals surface area contributed by atoms with Crippen molar-refractivity contribution in [2.75, 3.05) is 13.2 Å². The number of ether oxygens (including phenoxy) is 1. The van der Waals surface area contributed by atoms with E-state index in [0.717, 1.165) is 8.95 Å². The number of hydrogen-bond donors (Lipinski definition) is 2.